The Morgan fingerprint density at radius 3 is 2.39 bits per heavy atom. The van der Waals surface area contributed by atoms with Crippen molar-refractivity contribution < 1.29 is 4.79 Å². The molecule has 0 aliphatic carbocycles. The van der Waals surface area contributed by atoms with Crippen LogP contribution in [0.3, 0.4) is 0 Å². The van der Waals surface area contributed by atoms with E-state index < -0.39 is 0 Å². The molecule has 0 spiro atoms. The first-order valence-corrected chi connectivity index (χ1v) is 13.3. The number of rotatable bonds is 7. The summed E-state index contributed by atoms with van der Waals surface area (Å²) in [4.78, 5) is 19.8. The van der Waals surface area contributed by atoms with Gasteiger partial charge in [0, 0.05) is 41.9 Å². The second-order valence-electron chi connectivity index (χ2n) is 9.88. The average Bonchev–Trinajstić information content (AvgIpc) is 3.39. The quantitative estimate of drug-likeness (QED) is 0.286. The molecule has 1 fully saturated rings. The van der Waals surface area contributed by atoms with Gasteiger partial charge in [-0.1, -0.05) is 42.5 Å². The molecule has 38 heavy (non-hydrogen) atoms. The van der Waals surface area contributed by atoms with Gasteiger partial charge >= 0.3 is 0 Å². The highest BCUT2D eigenvalue weighted by Gasteiger charge is 2.41. The Morgan fingerprint density at radius 1 is 0.974 bits per heavy atom. The average molecular weight is 524 g/mol. The number of hydrogen-bond donors (Lipinski definition) is 2. The maximum atomic E-state index is 13.0. The number of hydrogen-bond acceptors (Lipinski definition) is 3. The zero-order valence-corrected chi connectivity index (χ0v) is 23.0. The van der Waals surface area contributed by atoms with E-state index >= 15 is 0 Å². The number of pyridine rings is 1. The van der Waals surface area contributed by atoms with Gasteiger partial charge in [-0.25, -0.2) is 0 Å². The molecule has 2 atom stereocenters. The molecule has 4 aromatic rings. The number of aromatic nitrogens is 2. The molecule has 3 heterocycles. The number of para-hydroxylation sites is 2. The van der Waals surface area contributed by atoms with E-state index in [1.807, 2.05) is 55.6 Å². The minimum atomic E-state index is -0.131. The summed E-state index contributed by atoms with van der Waals surface area (Å²) in [5, 5.41) is 7.20. The second kappa shape index (κ2) is 10.8. The highest BCUT2D eigenvalue weighted by atomic mass is 32.1. The lowest BCUT2D eigenvalue weighted by Crippen LogP contribution is -2.33. The third-order valence-corrected chi connectivity index (χ3v) is 7.69. The van der Waals surface area contributed by atoms with Gasteiger partial charge in [-0.15, -0.1) is 0 Å². The normalized spacial score (nSPS) is 16.9. The van der Waals surface area contributed by atoms with Crippen molar-refractivity contribution in [1.82, 2.24) is 19.8 Å². The predicted octanol–water partition coefficient (Wildman–Crippen LogP) is 6.11. The molecule has 2 aromatic heterocycles. The van der Waals surface area contributed by atoms with Gasteiger partial charge in [-0.2, -0.15) is 0 Å². The predicted molar refractivity (Wildman–Crippen MR) is 157 cm³/mol. The number of benzene rings is 2. The Morgan fingerprint density at radius 2 is 1.68 bits per heavy atom. The molecular formula is C31H33N5OS. The van der Waals surface area contributed by atoms with E-state index in [2.05, 4.69) is 76.2 Å². The summed E-state index contributed by atoms with van der Waals surface area (Å²) in [7, 11) is 0. The van der Waals surface area contributed by atoms with Gasteiger partial charge in [-0.05, 0) is 86.9 Å². The molecule has 0 saturated carbocycles. The molecule has 6 nitrogen and oxygen atoms in total. The van der Waals surface area contributed by atoms with Crippen LogP contribution in [0.15, 0.2) is 79.0 Å². The van der Waals surface area contributed by atoms with E-state index in [-0.39, 0.29) is 18.0 Å². The number of carbonyl (C=O) groups excluding carboxylic acids is 1. The van der Waals surface area contributed by atoms with E-state index in [0.29, 0.717) is 18.1 Å². The molecule has 1 aliphatic heterocycles. The van der Waals surface area contributed by atoms with Crippen molar-refractivity contribution in [1.29, 1.82) is 0 Å². The fraction of sp³-hybridized carbons (Fsp3) is 0.258. The zero-order chi connectivity index (χ0) is 26.8. The van der Waals surface area contributed by atoms with Crippen LogP contribution < -0.4 is 10.6 Å². The van der Waals surface area contributed by atoms with Crippen molar-refractivity contribution in [2.24, 2.45) is 0 Å². The number of carbonyl (C=O) groups is 1. The minimum Gasteiger partial charge on any atom is -0.352 e. The van der Waals surface area contributed by atoms with E-state index in [1.54, 1.807) is 0 Å². The van der Waals surface area contributed by atoms with Crippen molar-refractivity contribution in [3.05, 3.63) is 113 Å². The van der Waals surface area contributed by atoms with Crippen molar-refractivity contribution in [2.45, 2.75) is 46.2 Å². The van der Waals surface area contributed by atoms with Crippen LogP contribution >= 0.6 is 12.2 Å². The summed E-state index contributed by atoms with van der Waals surface area (Å²) in [6, 6.07) is 24.2. The maximum Gasteiger partial charge on any atom is 0.226 e. The molecule has 1 aliphatic rings. The Bertz CT molecular complexity index is 1480. The standard InChI is InChI=1S/C31H33N5OS/c1-20-11-5-7-13-25(20)33-28(37)16-18-35-30(29(34-31(35)38)26-14-9-10-17-32-26)24-19-22(3)36(23(24)4)27-15-8-6-12-21(27)2/h5-15,17,19,29-30H,16,18H2,1-4H3,(H,33,37)(H,34,38)/t29-,30+/m0/s1. The van der Waals surface area contributed by atoms with Crippen LogP contribution in [0.2, 0.25) is 0 Å². The number of aryl methyl sites for hydroxylation is 3. The van der Waals surface area contributed by atoms with Crippen LogP contribution in [-0.2, 0) is 4.79 Å². The second-order valence-corrected chi connectivity index (χ2v) is 10.3. The first-order chi connectivity index (χ1) is 18.3. The summed E-state index contributed by atoms with van der Waals surface area (Å²) in [6.45, 7) is 8.92. The monoisotopic (exact) mass is 523 g/mol. The number of nitrogens with one attached hydrogen (secondary N) is 2. The van der Waals surface area contributed by atoms with E-state index in [1.165, 1.54) is 16.8 Å². The van der Waals surface area contributed by atoms with Crippen molar-refractivity contribution in [3.63, 3.8) is 0 Å². The smallest absolute Gasteiger partial charge is 0.226 e. The minimum absolute atomic E-state index is 0.0347. The molecule has 7 heteroatoms. The summed E-state index contributed by atoms with van der Waals surface area (Å²) < 4.78 is 2.31. The molecule has 0 bridgehead atoms. The van der Waals surface area contributed by atoms with Gasteiger partial charge in [0.1, 0.15) is 0 Å². The molecule has 194 valence electrons. The lowest BCUT2D eigenvalue weighted by molar-refractivity contribution is -0.116. The Hall–Kier alpha value is -3.97. The third kappa shape index (κ3) is 4.94. The molecular weight excluding hydrogens is 490 g/mol. The van der Waals surface area contributed by atoms with E-state index in [9.17, 15) is 4.79 Å². The van der Waals surface area contributed by atoms with Gasteiger partial charge < -0.3 is 20.1 Å². The topological polar surface area (TPSA) is 62.2 Å². The molecule has 1 amide bonds. The van der Waals surface area contributed by atoms with Gasteiger partial charge in [0.25, 0.3) is 0 Å². The summed E-state index contributed by atoms with van der Waals surface area (Å²) in [6.07, 6.45) is 2.13. The van der Waals surface area contributed by atoms with Crippen LogP contribution in [0.1, 0.15) is 52.3 Å². The van der Waals surface area contributed by atoms with Crippen LogP contribution in [0.4, 0.5) is 5.69 Å². The summed E-state index contributed by atoms with van der Waals surface area (Å²) >= 11 is 5.84. The largest absolute Gasteiger partial charge is 0.352 e. The van der Waals surface area contributed by atoms with Crippen molar-refractivity contribution >= 4 is 28.9 Å². The highest BCUT2D eigenvalue weighted by molar-refractivity contribution is 7.80. The van der Waals surface area contributed by atoms with E-state index in [0.717, 1.165) is 28.3 Å². The number of anilines is 1. The first-order valence-electron chi connectivity index (χ1n) is 12.9. The molecule has 0 radical (unpaired) electrons. The Kier molecular flexibility index (Phi) is 7.29. The molecule has 5 rings (SSSR count). The lowest BCUT2D eigenvalue weighted by Gasteiger charge is -2.28. The summed E-state index contributed by atoms with van der Waals surface area (Å²) in [5.41, 5.74) is 8.67. The SMILES string of the molecule is Cc1ccccc1NC(=O)CCN1C(=S)N[C@@H](c2ccccn2)[C@H]1c1cc(C)n(-c2ccccc2C)c1C. The fourth-order valence-corrected chi connectivity index (χ4v) is 5.74. The lowest BCUT2D eigenvalue weighted by atomic mass is 9.96. The fourth-order valence-electron chi connectivity index (χ4n) is 5.40. The number of thiocarbonyl (C=S) groups is 1. The van der Waals surface area contributed by atoms with Gasteiger partial charge in [0.05, 0.1) is 17.8 Å². The molecule has 2 N–H and O–H groups in total. The van der Waals surface area contributed by atoms with Crippen molar-refractivity contribution in [3.8, 4) is 5.69 Å². The molecule has 0 unspecified atom stereocenters. The molecule has 2 aromatic carbocycles. The van der Waals surface area contributed by atoms with Gasteiger partial charge in [0.2, 0.25) is 5.91 Å². The highest BCUT2D eigenvalue weighted by Crippen LogP contribution is 2.41. The van der Waals surface area contributed by atoms with Gasteiger partial charge in [-0.3, -0.25) is 9.78 Å². The summed E-state index contributed by atoms with van der Waals surface area (Å²) in [5.74, 6) is -0.0347. The van der Waals surface area contributed by atoms with Crippen LogP contribution in [0, 0.1) is 27.7 Å². The maximum absolute atomic E-state index is 13.0. The Labute approximate surface area is 229 Å². The first kappa shape index (κ1) is 25.7. The Balaban J connectivity index is 1.48. The van der Waals surface area contributed by atoms with Crippen LogP contribution in [0.5, 0.6) is 0 Å². The van der Waals surface area contributed by atoms with Crippen LogP contribution in [-0.4, -0.2) is 32.0 Å². The van der Waals surface area contributed by atoms with Crippen LogP contribution in [0.25, 0.3) is 5.69 Å². The number of nitrogens with zero attached hydrogens (tertiary/aromatic N) is 3. The molecule has 1 saturated heterocycles. The van der Waals surface area contributed by atoms with Gasteiger partial charge in [0.15, 0.2) is 5.11 Å². The zero-order valence-electron chi connectivity index (χ0n) is 22.2. The third-order valence-electron chi connectivity index (χ3n) is 7.34. The van der Waals surface area contributed by atoms with Crippen molar-refractivity contribution in [2.75, 3.05) is 11.9 Å². The number of amides is 1. The van der Waals surface area contributed by atoms with E-state index in [4.69, 9.17) is 12.2 Å².